The monoisotopic (exact) mass is 353 g/mol. The Labute approximate surface area is 153 Å². The van der Waals surface area contributed by atoms with E-state index < -0.39 is 18.0 Å². The maximum atomic E-state index is 12.3. The Morgan fingerprint density at radius 1 is 0.962 bits per heavy atom. The average Bonchev–Trinajstić information content (AvgIpc) is 2.62. The molecule has 2 aromatic rings. The van der Waals surface area contributed by atoms with Crippen LogP contribution in [0.2, 0.25) is 0 Å². The third-order valence-electron chi connectivity index (χ3n) is 4.08. The van der Waals surface area contributed by atoms with Crippen molar-refractivity contribution in [3.63, 3.8) is 0 Å². The number of benzene rings is 2. The molecule has 5 nitrogen and oxygen atoms in total. The van der Waals surface area contributed by atoms with Crippen molar-refractivity contribution in [3.05, 3.63) is 65.7 Å². The Morgan fingerprint density at radius 2 is 1.58 bits per heavy atom. The molecule has 0 radical (unpaired) electrons. The maximum absolute atomic E-state index is 12.3. The molecular weight excluding hydrogens is 330 g/mol. The van der Waals surface area contributed by atoms with Gasteiger partial charge in [-0.2, -0.15) is 0 Å². The lowest BCUT2D eigenvalue weighted by Crippen LogP contribution is -2.30. The van der Waals surface area contributed by atoms with Gasteiger partial charge in [0.2, 0.25) is 0 Å². The fourth-order valence-electron chi connectivity index (χ4n) is 2.58. The second-order valence-electron chi connectivity index (χ2n) is 6.24. The number of rotatable bonds is 7. The molecule has 0 aliphatic heterocycles. The van der Waals surface area contributed by atoms with Crippen molar-refractivity contribution in [2.75, 3.05) is 5.32 Å². The van der Waals surface area contributed by atoms with Crippen molar-refractivity contribution in [1.29, 1.82) is 0 Å². The minimum Gasteiger partial charge on any atom is -0.453 e. The zero-order valence-corrected chi connectivity index (χ0v) is 15.2. The number of anilines is 1. The molecule has 0 saturated carbocycles. The van der Waals surface area contributed by atoms with E-state index >= 15 is 0 Å². The summed E-state index contributed by atoms with van der Waals surface area (Å²) in [7, 11) is 0. The second-order valence-corrected chi connectivity index (χ2v) is 6.24. The van der Waals surface area contributed by atoms with Gasteiger partial charge in [0, 0.05) is 5.56 Å². The van der Waals surface area contributed by atoms with Crippen molar-refractivity contribution in [3.8, 4) is 0 Å². The smallest absolute Gasteiger partial charge is 0.307 e. The zero-order chi connectivity index (χ0) is 19.1. The molecule has 0 heterocycles. The highest BCUT2D eigenvalue weighted by Crippen LogP contribution is 2.20. The molecule has 136 valence electrons. The number of hydrogen-bond acceptors (Lipinski definition) is 4. The van der Waals surface area contributed by atoms with E-state index in [1.165, 1.54) is 13.8 Å². The molecule has 0 spiro atoms. The number of carbonyl (C=O) groups excluding carboxylic acids is 3. The van der Waals surface area contributed by atoms with Crippen LogP contribution in [-0.2, 0) is 14.3 Å². The first-order chi connectivity index (χ1) is 12.4. The summed E-state index contributed by atoms with van der Waals surface area (Å²) in [4.78, 5) is 36.0. The number of amides is 1. The molecule has 2 atom stereocenters. The van der Waals surface area contributed by atoms with Gasteiger partial charge in [-0.1, -0.05) is 49.4 Å². The zero-order valence-electron chi connectivity index (χ0n) is 15.2. The minimum absolute atomic E-state index is 0.00241. The van der Waals surface area contributed by atoms with E-state index in [1.54, 1.807) is 24.3 Å². The van der Waals surface area contributed by atoms with Crippen molar-refractivity contribution in [2.45, 2.75) is 39.2 Å². The van der Waals surface area contributed by atoms with Crippen LogP contribution in [0.25, 0.3) is 0 Å². The minimum atomic E-state index is -0.953. The molecule has 2 rings (SSSR count). The fraction of sp³-hybridized carbons (Fsp3) is 0.286. The van der Waals surface area contributed by atoms with E-state index in [0.717, 1.165) is 5.56 Å². The summed E-state index contributed by atoms with van der Waals surface area (Å²) >= 11 is 0. The predicted molar refractivity (Wildman–Crippen MR) is 100 cm³/mol. The van der Waals surface area contributed by atoms with Crippen LogP contribution in [0.1, 0.15) is 49.0 Å². The van der Waals surface area contributed by atoms with Crippen LogP contribution in [0, 0.1) is 0 Å². The van der Waals surface area contributed by atoms with E-state index in [-0.39, 0.29) is 18.1 Å². The highest BCUT2D eigenvalue weighted by Gasteiger charge is 2.21. The van der Waals surface area contributed by atoms with Gasteiger partial charge >= 0.3 is 5.97 Å². The van der Waals surface area contributed by atoms with E-state index in [0.29, 0.717) is 11.3 Å². The highest BCUT2D eigenvalue weighted by molar-refractivity contribution is 6.04. The molecule has 0 bridgehead atoms. The van der Waals surface area contributed by atoms with Gasteiger partial charge in [-0.05, 0) is 37.5 Å². The lowest BCUT2D eigenvalue weighted by atomic mass is 9.98. The van der Waals surface area contributed by atoms with Crippen LogP contribution in [0.3, 0.4) is 0 Å². The Kier molecular flexibility index (Phi) is 6.67. The standard InChI is InChI=1S/C21H23NO4/c1-14(17-9-5-4-6-10-17)13-20(24)26-16(3)21(25)22-19-12-8-7-11-18(19)15(2)23/h4-12,14,16H,13H2,1-3H3,(H,22,25)/t14-,16-/m1/s1. The number of hydrogen-bond donors (Lipinski definition) is 1. The Balaban J connectivity index is 1.92. The topological polar surface area (TPSA) is 72.5 Å². The molecule has 1 N–H and O–H groups in total. The summed E-state index contributed by atoms with van der Waals surface area (Å²) in [6.45, 7) is 4.88. The number of Topliss-reactive ketones (excluding diaryl/α,β-unsaturated/α-hetero) is 1. The van der Waals surface area contributed by atoms with Crippen molar-refractivity contribution >= 4 is 23.3 Å². The number of carbonyl (C=O) groups is 3. The molecule has 0 aromatic heterocycles. The fourth-order valence-corrected chi connectivity index (χ4v) is 2.58. The third-order valence-corrected chi connectivity index (χ3v) is 4.08. The molecule has 2 aromatic carbocycles. The first-order valence-corrected chi connectivity index (χ1v) is 8.53. The summed E-state index contributed by atoms with van der Waals surface area (Å²) in [5.41, 5.74) is 1.86. The van der Waals surface area contributed by atoms with Crippen LogP contribution >= 0.6 is 0 Å². The van der Waals surface area contributed by atoms with Crippen LogP contribution < -0.4 is 5.32 Å². The van der Waals surface area contributed by atoms with Crippen molar-refractivity contribution in [1.82, 2.24) is 0 Å². The molecule has 0 aliphatic carbocycles. The molecule has 0 aliphatic rings. The maximum Gasteiger partial charge on any atom is 0.307 e. The largest absolute Gasteiger partial charge is 0.453 e. The van der Waals surface area contributed by atoms with Crippen molar-refractivity contribution in [2.24, 2.45) is 0 Å². The predicted octanol–water partition coefficient (Wildman–Crippen LogP) is 3.95. The summed E-state index contributed by atoms with van der Waals surface area (Å²) in [6.07, 6.45) is -0.767. The summed E-state index contributed by atoms with van der Waals surface area (Å²) < 4.78 is 5.24. The lowest BCUT2D eigenvalue weighted by molar-refractivity contribution is -0.153. The molecule has 1 amide bonds. The number of para-hydroxylation sites is 1. The average molecular weight is 353 g/mol. The van der Waals surface area contributed by atoms with Gasteiger partial charge in [-0.3, -0.25) is 14.4 Å². The third kappa shape index (κ3) is 5.28. The van der Waals surface area contributed by atoms with Gasteiger partial charge in [0.05, 0.1) is 12.1 Å². The van der Waals surface area contributed by atoms with Gasteiger partial charge in [-0.15, -0.1) is 0 Å². The highest BCUT2D eigenvalue weighted by atomic mass is 16.5. The van der Waals surface area contributed by atoms with Gasteiger partial charge in [0.1, 0.15) is 0 Å². The van der Waals surface area contributed by atoms with Crippen molar-refractivity contribution < 1.29 is 19.1 Å². The summed E-state index contributed by atoms with van der Waals surface area (Å²) in [6, 6.07) is 16.4. The molecule has 26 heavy (non-hydrogen) atoms. The van der Waals surface area contributed by atoms with Crippen LogP contribution in [0.15, 0.2) is 54.6 Å². The normalized spacial score (nSPS) is 12.7. The second kappa shape index (κ2) is 8.94. The molecule has 0 saturated heterocycles. The van der Waals surface area contributed by atoms with E-state index in [2.05, 4.69) is 5.32 Å². The van der Waals surface area contributed by atoms with Gasteiger partial charge in [0.25, 0.3) is 5.91 Å². The van der Waals surface area contributed by atoms with Gasteiger partial charge in [-0.25, -0.2) is 0 Å². The van der Waals surface area contributed by atoms with Crippen LogP contribution in [0.4, 0.5) is 5.69 Å². The first-order valence-electron chi connectivity index (χ1n) is 8.53. The summed E-state index contributed by atoms with van der Waals surface area (Å²) in [5.74, 6) is -1.07. The molecule has 0 fully saturated rings. The number of nitrogens with one attached hydrogen (secondary N) is 1. The first kappa shape index (κ1) is 19.4. The molecular formula is C21H23NO4. The van der Waals surface area contributed by atoms with Crippen LogP contribution in [0.5, 0.6) is 0 Å². The molecule has 0 unspecified atom stereocenters. The van der Waals surface area contributed by atoms with Crippen LogP contribution in [-0.4, -0.2) is 23.8 Å². The Bertz CT molecular complexity index is 786. The Hall–Kier alpha value is -2.95. The van der Waals surface area contributed by atoms with Gasteiger partial charge < -0.3 is 10.1 Å². The lowest BCUT2D eigenvalue weighted by Gasteiger charge is -2.16. The van der Waals surface area contributed by atoms with E-state index in [1.807, 2.05) is 37.3 Å². The molecule has 5 heteroatoms. The summed E-state index contributed by atoms with van der Waals surface area (Å²) in [5, 5.41) is 2.65. The SMILES string of the molecule is CC(=O)c1ccccc1NC(=O)[C@@H](C)OC(=O)C[C@@H](C)c1ccccc1. The quantitative estimate of drug-likeness (QED) is 0.604. The Morgan fingerprint density at radius 3 is 2.23 bits per heavy atom. The van der Waals surface area contributed by atoms with Gasteiger partial charge in [0.15, 0.2) is 11.9 Å². The number of ether oxygens (including phenoxy) is 1. The number of esters is 1. The number of ketones is 1. The van der Waals surface area contributed by atoms with E-state index in [4.69, 9.17) is 4.74 Å². The van der Waals surface area contributed by atoms with E-state index in [9.17, 15) is 14.4 Å².